The van der Waals surface area contributed by atoms with Crippen LogP contribution in [0.25, 0.3) is 0 Å². The summed E-state index contributed by atoms with van der Waals surface area (Å²) in [6.07, 6.45) is 0.611. The highest BCUT2D eigenvalue weighted by molar-refractivity contribution is 7.89. The molecule has 0 aliphatic heterocycles. The first kappa shape index (κ1) is 19.0. The molecule has 1 unspecified atom stereocenters. The third-order valence-corrected chi connectivity index (χ3v) is 4.48. The number of aliphatic carboxylic acids is 1. The molecule has 128 valence electrons. The van der Waals surface area contributed by atoms with E-state index in [1.807, 2.05) is 0 Å². The highest BCUT2D eigenvalue weighted by Crippen LogP contribution is 2.12. The van der Waals surface area contributed by atoms with Gasteiger partial charge < -0.3 is 10.4 Å². The van der Waals surface area contributed by atoms with Crippen LogP contribution in [-0.2, 0) is 19.6 Å². The van der Waals surface area contributed by atoms with Gasteiger partial charge in [0.1, 0.15) is 16.8 Å². The second-order valence-electron chi connectivity index (χ2n) is 4.83. The molecule has 0 fully saturated rings. The number of carboxylic acids is 1. The van der Waals surface area contributed by atoms with Crippen molar-refractivity contribution >= 4 is 21.9 Å². The summed E-state index contributed by atoms with van der Waals surface area (Å²) >= 11 is 0. The molecular weight excluding hydrogens is 327 g/mol. The summed E-state index contributed by atoms with van der Waals surface area (Å²) in [5.41, 5.74) is 0. The molecule has 3 N–H and O–H groups in total. The lowest BCUT2D eigenvalue weighted by atomic mass is 10.1. The van der Waals surface area contributed by atoms with Crippen molar-refractivity contribution in [3.63, 3.8) is 0 Å². The second kappa shape index (κ2) is 8.59. The van der Waals surface area contributed by atoms with Crippen LogP contribution in [-0.4, -0.2) is 38.0 Å². The van der Waals surface area contributed by atoms with Crippen molar-refractivity contribution in [2.45, 2.75) is 37.1 Å². The molecule has 0 heterocycles. The molecule has 1 aromatic carbocycles. The fraction of sp³-hybridized carbons (Fsp3) is 0.429. The number of carboxylic acid groups (broad SMARTS) is 1. The van der Waals surface area contributed by atoms with Gasteiger partial charge in [0.15, 0.2) is 0 Å². The molecule has 0 spiro atoms. The van der Waals surface area contributed by atoms with Gasteiger partial charge in [-0.2, -0.15) is 0 Å². The molecule has 0 saturated heterocycles. The Morgan fingerprint density at radius 2 is 1.96 bits per heavy atom. The Hall–Kier alpha value is -2.00. The van der Waals surface area contributed by atoms with Crippen LogP contribution in [0.5, 0.6) is 0 Å². The normalized spacial score (nSPS) is 12.6. The number of carbonyl (C=O) groups is 2. The SMILES string of the molecule is CCCC(NC(=O)CCNS(=O)(=O)c1ccccc1F)C(=O)O. The van der Waals surface area contributed by atoms with Crippen molar-refractivity contribution in [1.29, 1.82) is 0 Å². The van der Waals surface area contributed by atoms with Crippen molar-refractivity contribution in [2.75, 3.05) is 6.54 Å². The lowest BCUT2D eigenvalue weighted by Crippen LogP contribution is -2.41. The van der Waals surface area contributed by atoms with Crippen LogP contribution in [0, 0.1) is 5.82 Å². The van der Waals surface area contributed by atoms with Gasteiger partial charge in [-0.3, -0.25) is 4.79 Å². The summed E-state index contributed by atoms with van der Waals surface area (Å²) in [4.78, 5) is 22.0. The molecule has 0 aliphatic rings. The van der Waals surface area contributed by atoms with E-state index in [-0.39, 0.29) is 19.4 Å². The molecule has 1 amide bonds. The number of sulfonamides is 1. The number of nitrogens with one attached hydrogen (secondary N) is 2. The Morgan fingerprint density at radius 1 is 1.30 bits per heavy atom. The molecule has 0 radical (unpaired) electrons. The summed E-state index contributed by atoms with van der Waals surface area (Å²) in [6.45, 7) is 1.52. The minimum Gasteiger partial charge on any atom is -0.480 e. The number of halogens is 1. The van der Waals surface area contributed by atoms with E-state index in [2.05, 4.69) is 10.0 Å². The highest BCUT2D eigenvalue weighted by atomic mass is 32.2. The number of carbonyl (C=O) groups excluding carboxylic acids is 1. The lowest BCUT2D eigenvalue weighted by molar-refractivity contribution is -0.142. The van der Waals surface area contributed by atoms with E-state index >= 15 is 0 Å². The Balaban J connectivity index is 2.54. The van der Waals surface area contributed by atoms with E-state index in [0.29, 0.717) is 6.42 Å². The van der Waals surface area contributed by atoms with E-state index in [1.165, 1.54) is 12.1 Å². The maximum Gasteiger partial charge on any atom is 0.326 e. The Morgan fingerprint density at radius 3 is 2.52 bits per heavy atom. The summed E-state index contributed by atoms with van der Waals surface area (Å²) in [7, 11) is -4.06. The summed E-state index contributed by atoms with van der Waals surface area (Å²) in [5, 5.41) is 11.2. The standard InChI is InChI=1S/C14H19FN2O5S/c1-2-5-11(14(19)20)17-13(18)8-9-16-23(21,22)12-7-4-3-6-10(12)15/h3-4,6-7,11,16H,2,5,8-9H2,1H3,(H,17,18)(H,19,20). The van der Waals surface area contributed by atoms with Crippen molar-refractivity contribution < 1.29 is 27.5 Å². The first-order valence-electron chi connectivity index (χ1n) is 7.04. The summed E-state index contributed by atoms with van der Waals surface area (Å²) in [5.74, 6) is -2.63. The molecule has 0 aromatic heterocycles. The molecule has 23 heavy (non-hydrogen) atoms. The van der Waals surface area contributed by atoms with E-state index < -0.39 is 38.7 Å². The number of amides is 1. The van der Waals surface area contributed by atoms with Gasteiger partial charge in [0.25, 0.3) is 0 Å². The minimum absolute atomic E-state index is 0.249. The minimum atomic E-state index is -4.06. The fourth-order valence-corrected chi connectivity index (χ4v) is 2.96. The van der Waals surface area contributed by atoms with Crippen LogP contribution in [0.3, 0.4) is 0 Å². The van der Waals surface area contributed by atoms with Gasteiger partial charge in [0.05, 0.1) is 0 Å². The van der Waals surface area contributed by atoms with Gasteiger partial charge in [-0.1, -0.05) is 25.5 Å². The molecule has 1 atom stereocenters. The largest absolute Gasteiger partial charge is 0.480 e. The zero-order chi connectivity index (χ0) is 17.5. The van der Waals surface area contributed by atoms with Gasteiger partial charge >= 0.3 is 5.97 Å². The first-order valence-corrected chi connectivity index (χ1v) is 8.52. The Labute approximate surface area is 133 Å². The van der Waals surface area contributed by atoms with Crippen molar-refractivity contribution in [2.24, 2.45) is 0 Å². The maximum absolute atomic E-state index is 13.5. The van der Waals surface area contributed by atoms with E-state index in [4.69, 9.17) is 5.11 Å². The summed E-state index contributed by atoms with van der Waals surface area (Å²) in [6, 6.07) is 3.87. The number of rotatable bonds is 9. The third kappa shape index (κ3) is 5.95. The van der Waals surface area contributed by atoms with Crippen LogP contribution in [0.15, 0.2) is 29.2 Å². The van der Waals surface area contributed by atoms with Crippen LogP contribution in [0.2, 0.25) is 0 Å². The van der Waals surface area contributed by atoms with Gasteiger partial charge in [-0.15, -0.1) is 0 Å². The highest BCUT2D eigenvalue weighted by Gasteiger charge is 2.20. The zero-order valence-corrected chi connectivity index (χ0v) is 13.4. The summed E-state index contributed by atoms with van der Waals surface area (Å²) < 4.78 is 39.3. The van der Waals surface area contributed by atoms with E-state index in [0.717, 1.165) is 12.1 Å². The molecule has 0 saturated carbocycles. The van der Waals surface area contributed by atoms with Crippen molar-refractivity contribution in [3.05, 3.63) is 30.1 Å². The number of hydrogen-bond donors (Lipinski definition) is 3. The van der Waals surface area contributed by atoms with E-state index in [1.54, 1.807) is 6.92 Å². The van der Waals surface area contributed by atoms with E-state index in [9.17, 15) is 22.4 Å². The first-order chi connectivity index (χ1) is 10.8. The molecule has 9 heteroatoms. The van der Waals surface area contributed by atoms with Crippen LogP contribution >= 0.6 is 0 Å². The monoisotopic (exact) mass is 346 g/mol. The molecule has 1 rings (SSSR count). The third-order valence-electron chi connectivity index (χ3n) is 2.98. The molecular formula is C14H19FN2O5S. The maximum atomic E-state index is 13.5. The quantitative estimate of drug-likeness (QED) is 0.614. The van der Waals surface area contributed by atoms with Crippen LogP contribution in [0.1, 0.15) is 26.2 Å². The average molecular weight is 346 g/mol. The molecule has 1 aromatic rings. The molecule has 0 bridgehead atoms. The lowest BCUT2D eigenvalue weighted by Gasteiger charge is -2.13. The smallest absolute Gasteiger partial charge is 0.326 e. The van der Waals surface area contributed by atoms with Crippen LogP contribution < -0.4 is 10.0 Å². The average Bonchev–Trinajstić information content (AvgIpc) is 2.46. The predicted molar refractivity (Wildman–Crippen MR) is 80.7 cm³/mol. The Kier molecular flexibility index (Phi) is 7.11. The zero-order valence-electron chi connectivity index (χ0n) is 12.6. The van der Waals surface area contributed by atoms with Crippen molar-refractivity contribution in [1.82, 2.24) is 10.0 Å². The molecule has 0 aliphatic carbocycles. The van der Waals surface area contributed by atoms with Gasteiger partial charge in [-0.25, -0.2) is 22.3 Å². The van der Waals surface area contributed by atoms with Crippen molar-refractivity contribution in [3.8, 4) is 0 Å². The van der Waals surface area contributed by atoms with Gasteiger partial charge in [0.2, 0.25) is 15.9 Å². The number of hydrogen-bond acceptors (Lipinski definition) is 4. The predicted octanol–water partition coefficient (Wildman–Crippen LogP) is 0.864. The fourth-order valence-electron chi connectivity index (χ4n) is 1.85. The van der Waals surface area contributed by atoms with Gasteiger partial charge in [-0.05, 0) is 18.6 Å². The Bertz CT molecular complexity index is 663. The topological polar surface area (TPSA) is 113 Å². The number of benzene rings is 1. The second-order valence-corrected chi connectivity index (χ2v) is 6.56. The van der Waals surface area contributed by atoms with Crippen LogP contribution in [0.4, 0.5) is 4.39 Å². The molecule has 7 nitrogen and oxygen atoms in total. The van der Waals surface area contributed by atoms with Gasteiger partial charge in [0, 0.05) is 13.0 Å².